The lowest BCUT2D eigenvalue weighted by Gasteiger charge is -2.06. The zero-order valence-electron chi connectivity index (χ0n) is 9.67. The van der Waals surface area contributed by atoms with E-state index in [9.17, 15) is 5.11 Å². The molecule has 2 rings (SSSR count). The number of aliphatic hydroxyl groups excluding tert-OH is 2. The van der Waals surface area contributed by atoms with Crippen LogP contribution in [-0.4, -0.2) is 38.6 Å². The molecule has 0 spiro atoms. The first-order valence-corrected chi connectivity index (χ1v) is 7.06. The van der Waals surface area contributed by atoms with Crippen LogP contribution >= 0.6 is 23.1 Å². The SMILES string of the molecule is Cc1sc2ncnc(SCC(O)CO)c2c1C. The zero-order chi connectivity index (χ0) is 12.4. The Balaban J connectivity index is 2.33. The van der Waals surface area contributed by atoms with Crippen molar-refractivity contribution in [1.29, 1.82) is 0 Å². The van der Waals surface area contributed by atoms with Crippen molar-refractivity contribution in [2.24, 2.45) is 0 Å². The van der Waals surface area contributed by atoms with Gasteiger partial charge in [0.15, 0.2) is 0 Å². The van der Waals surface area contributed by atoms with Crippen molar-refractivity contribution < 1.29 is 10.2 Å². The van der Waals surface area contributed by atoms with Crippen LogP contribution < -0.4 is 0 Å². The Morgan fingerprint density at radius 1 is 1.41 bits per heavy atom. The highest BCUT2D eigenvalue weighted by atomic mass is 32.2. The number of aromatic nitrogens is 2. The van der Waals surface area contributed by atoms with E-state index >= 15 is 0 Å². The molecule has 0 aliphatic carbocycles. The molecule has 92 valence electrons. The fourth-order valence-electron chi connectivity index (χ4n) is 1.49. The molecule has 1 unspecified atom stereocenters. The average Bonchev–Trinajstić information content (AvgIpc) is 2.63. The highest BCUT2D eigenvalue weighted by Crippen LogP contribution is 2.34. The first-order chi connectivity index (χ1) is 8.13. The van der Waals surface area contributed by atoms with Gasteiger partial charge in [0, 0.05) is 16.0 Å². The summed E-state index contributed by atoms with van der Waals surface area (Å²) in [7, 11) is 0. The molecule has 17 heavy (non-hydrogen) atoms. The van der Waals surface area contributed by atoms with Crippen LogP contribution in [0.2, 0.25) is 0 Å². The Labute approximate surface area is 108 Å². The van der Waals surface area contributed by atoms with E-state index in [4.69, 9.17) is 5.11 Å². The molecule has 2 aromatic rings. The molecular formula is C11H14N2O2S2. The van der Waals surface area contributed by atoms with Crippen LogP contribution in [0.1, 0.15) is 10.4 Å². The van der Waals surface area contributed by atoms with Crippen LogP contribution in [0, 0.1) is 13.8 Å². The summed E-state index contributed by atoms with van der Waals surface area (Å²) in [6.45, 7) is 3.91. The lowest BCUT2D eigenvalue weighted by atomic mass is 10.2. The number of hydrogen-bond donors (Lipinski definition) is 2. The zero-order valence-corrected chi connectivity index (χ0v) is 11.3. The lowest BCUT2D eigenvalue weighted by molar-refractivity contribution is 0.113. The standard InChI is InChI=1S/C11H14N2O2S2/c1-6-7(2)17-11-9(6)10(12-5-13-11)16-4-8(15)3-14/h5,8,14-15H,3-4H2,1-2H3. The first-order valence-electron chi connectivity index (χ1n) is 5.26. The molecule has 2 aromatic heterocycles. The van der Waals surface area contributed by atoms with Crippen LogP contribution in [0.5, 0.6) is 0 Å². The van der Waals surface area contributed by atoms with Crippen LogP contribution in [0.15, 0.2) is 11.4 Å². The molecule has 6 heteroatoms. The molecule has 2 heterocycles. The normalized spacial score (nSPS) is 13.2. The molecule has 0 aromatic carbocycles. The number of rotatable bonds is 4. The van der Waals surface area contributed by atoms with Crippen molar-refractivity contribution in [2.45, 2.75) is 25.0 Å². The van der Waals surface area contributed by atoms with Gasteiger partial charge in [0.1, 0.15) is 16.2 Å². The van der Waals surface area contributed by atoms with Gasteiger partial charge in [-0.25, -0.2) is 9.97 Å². The number of hydrogen-bond acceptors (Lipinski definition) is 6. The van der Waals surface area contributed by atoms with Crippen molar-refractivity contribution in [1.82, 2.24) is 9.97 Å². The minimum absolute atomic E-state index is 0.219. The summed E-state index contributed by atoms with van der Waals surface area (Å²) in [4.78, 5) is 10.7. The fraction of sp³-hybridized carbons (Fsp3) is 0.455. The highest BCUT2D eigenvalue weighted by Gasteiger charge is 2.13. The topological polar surface area (TPSA) is 66.2 Å². The first kappa shape index (κ1) is 12.8. The Kier molecular flexibility index (Phi) is 3.98. The smallest absolute Gasteiger partial charge is 0.128 e. The molecule has 4 nitrogen and oxygen atoms in total. The van der Waals surface area contributed by atoms with Crippen LogP contribution in [-0.2, 0) is 0 Å². The number of fused-ring (bicyclic) bond motifs is 1. The van der Waals surface area contributed by atoms with E-state index in [1.54, 1.807) is 17.7 Å². The summed E-state index contributed by atoms with van der Waals surface area (Å²) >= 11 is 3.11. The number of nitrogens with zero attached hydrogens (tertiary/aromatic N) is 2. The van der Waals surface area contributed by atoms with Crippen molar-refractivity contribution in [3.05, 3.63) is 16.8 Å². The minimum atomic E-state index is -0.704. The number of aryl methyl sites for hydroxylation is 2. The van der Waals surface area contributed by atoms with Crippen molar-refractivity contribution in [2.75, 3.05) is 12.4 Å². The predicted octanol–water partition coefficient (Wildman–Crippen LogP) is 1.75. The van der Waals surface area contributed by atoms with Gasteiger partial charge >= 0.3 is 0 Å². The van der Waals surface area contributed by atoms with E-state index in [1.807, 2.05) is 0 Å². The third-order valence-electron chi connectivity index (χ3n) is 2.55. The van der Waals surface area contributed by atoms with E-state index in [1.165, 1.54) is 22.2 Å². The minimum Gasteiger partial charge on any atom is -0.394 e. The molecule has 0 fully saturated rings. The second-order valence-electron chi connectivity index (χ2n) is 3.79. The maximum atomic E-state index is 9.35. The highest BCUT2D eigenvalue weighted by molar-refractivity contribution is 7.99. The number of thiophene rings is 1. The molecule has 0 aliphatic heterocycles. The van der Waals surface area contributed by atoms with Crippen LogP contribution in [0.25, 0.3) is 10.2 Å². The van der Waals surface area contributed by atoms with Crippen molar-refractivity contribution in [3.8, 4) is 0 Å². The van der Waals surface area contributed by atoms with Crippen molar-refractivity contribution >= 4 is 33.3 Å². The fourth-order valence-corrected chi connectivity index (χ4v) is 3.52. The molecule has 0 amide bonds. The lowest BCUT2D eigenvalue weighted by Crippen LogP contribution is -2.14. The quantitative estimate of drug-likeness (QED) is 0.654. The third-order valence-corrected chi connectivity index (χ3v) is 4.80. The number of aliphatic hydroxyl groups is 2. The van der Waals surface area contributed by atoms with Gasteiger partial charge in [-0.1, -0.05) is 0 Å². The molecule has 0 bridgehead atoms. The Hall–Kier alpha value is -0.690. The van der Waals surface area contributed by atoms with E-state index in [0.29, 0.717) is 5.75 Å². The average molecular weight is 270 g/mol. The molecule has 0 saturated carbocycles. The summed E-state index contributed by atoms with van der Waals surface area (Å²) in [5, 5.41) is 20.1. The van der Waals surface area contributed by atoms with E-state index in [-0.39, 0.29) is 6.61 Å². The molecule has 0 radical (unpaired) electrons. The molecule has 0 saturated heterocycles. The summed E-state index contributed by atoms with van der Waals surface area (Å²) in [6.07, 6.45) is 0.843. The van der Waals surface area contributed by atoms with Gasteiger partial charge in [0.25, 0.3) is 0 Å². The second kappa shape index (κ2) is 5.30. The van der Waals surface area contributed by atoms with Gasteiger partial charge in [-0.15, -0.1) is 23.1 Å². The molecule has 2 N–H and O–H groups in total. The van der Waals surface area contributed by atoms with Gasteiger partial charge in [-0.05, 0) is 19.4 Å². The maximum absolute atomic E-state index is 9.35. The van der Waals surface area contributed by atoms with Gasteiger partial charge in [-0.3, -0.25) is 0 Å². The second-order valence-corrected chi connectivity index (χ2v) is 6.00. The Morgan fingerprint density at radius 2 is 2.18 bits per heavy atom. The largest absolute Gasteiger partial charge is 0.394 e. The summed E-state index contributed by atoms with van der Waals surface area (Å²) < 4.78 is 0. The monoisotopic (exact) mass is 270 g/mol. The van der Waals surface area contributed by atoms with E-state index < -0.39 is 6.10 Å². The van der Waals surface area contributed by atoms with Gasteiger partial charge in [0.2, 0.25) is 0 Å². The molecule has 1 atom stereocenters. The summed E-state index contributed by atoms with van der Waals surface area (Å²) in [5.74, 6) is 0.441. The maximum Gasteiger partial charge on any atom is 0.128 e. The predicted molar refractivity (Wildman–Crippen MR) is 70.7 cm³/mol. The Bertz CT molecular complexity index is 527. The molecule has 0 aliphatic rings. The summed E-state index contributed by atoms with van der Waals surface area (Å²) in [6, 6.07) is 0. The Morgan fingerprint density at radius 3 is 2.88 bits per heavy atom. The van der Waals surface area contributed by atoms with E-state index in [2.05, 4.69) is 23.8 Å². The van der Waals surface area contributed by atoms with Crippen molar-refractivity contribution in [3.63, 3.8) is 0 Å². The van der Waals surface area contributed by atoms with Gasteiger partial charge in [0.05, 0.1) is 12.7 Å². The number of thioether (sulfide) groups is 1. The molecular weight excluding hydrogens is 256 g/mol. The van der Waals surface area contributed by atoms with E-state index in [0.717, 1.165) is 15.2 Å². The van der Waals surface area contributed by atoms with Gasteiger partial charge < -0.3 is 10.2 Å². The van der Waals surface area contributed by atoms with Gasteiger partial charge in [-0.2, -0.15) is 0 Å². The van der Waals surface area contributed by atoms with Crippen LogP contribution in [0.3, 0.4) is 0 Å². The van der Waals surface area contributed by atoms with Crippen LogP contribution in [0.4, 0.5) is 0 Å². The third kappa shape index (κ3) is 2.60. The summed E-state index contributed by atoms with van der Waals surface area (Å²) in [5.41, 5.74) is 1.20.